The maximum atomic E-state index is 3.70. The minimum absolute atomic E-state index is 0.489. The van der Waals surface area contributed by atoms with Gasteiger partial charge in [0.25, 0.3) is 0 Å². The third kappa shape index (κ3) is 3.82. The molecule has 0 amide bonds. The van der Waals surface area contributed by atoms with Crippen LogP contribution >= 0.6 is 0 Å². The average molecular weight is 246 g/mol. The summed E-state index contributed by atoms with van der Waals surface area (Å²) in [4.78, 5) is 2.59. The highest BCUT2D eigenvalue weighted by atomic mass is 15.2. The van der Waals surface area contributed by atoms with Gasteiger partial charge in [-0.2, -0.15) is 0 Å². The summed E-state index contributed by atoms with van der Waals surface area (Å²) < 4.78 is 0. The number of nitrogens with one attached hydrogen (secondary N) is 1. The minimum atomic E-state index is 0.489. The Hall–Kier alpha value is -0.860. The largest absolute Gasteiger partial charge is 0.309 e. The number of nitrogens with zero attached hydrogens (tertiary/aromatic N) is 1. The van der Waals surface area contributed by atoms with E-state index in [2.05, 4.69) is 48.3 Å². The standard InChI is InChI=1S/C16H26N2/c1-3-9-17-16(13-18-10-4-5-11-18)15-8-6-7-14(2)12-15/h6-8,12,16-17H,3-5,9-11,13H2,1-2H3. The Morgan fingerprint density at radius 3 is 2.72 bits per heavy atom. The monoisotopic (exact) mass is 246 g/mol. The van der Waals surface area contributed by atoms with Gasteiger partial charge in [-0.05, 0) is 51.4 Å². The topological polar surface area (TPSA) is 15.3 Å². The zero-order valence-electron chi connectivity index (χ0n) is 11.8. The molecule has 1 heterocycles. The van der Waals surface area contributed by atoms with Crippen LogP contribution < -0.4 is 5.32 Å². The van der Waals surface area contributed by atoms with Gasteiger partial charge in [0.15, 0.2) is 0 Å². The Morgan fingerprint density at radius 1 is 1.28 bits per heavy atom. The van der Waals surface area contributed by atoms with Crippen molar-refractivity contribution in [3.05, 3.63) is 35.4 Å². The van der Waals surface area contributed by atoms with Crippen LogP contribution in [0.15, 0.2) is 24.3 Å². The SMILES string of the molecule is CCCNC(CN1CCCC1)c1cccc(C)c1. The second-order valence-corrected chi connectivity index (χ2v) is 5.43. The molecule has 0 radical (unpaired) electrons. The summed E-state index contributed by atoms with van der Waals surface area (Å²) in [7, 11) is 0. The molecule has 1 saturated heterocycles. The highest BCUT2D eigenvalue weighted by molar-refractivity contribution is 5.25. The number of hydrogen-bond acceptors (Lipinski definition) is 2. The molecule has 1 fully saturated rings. The molecule has 2 nitrogen and oxygen atoms in total. The van der Waals surface area contributed by atoms with Gasteiger partial charge in [-0.3, -0.25) is 0 Å². The fourth-order valence-electron chi connectivity index (χ4n) is 2.72. The van der Waals surface area contributed by atoms with Crippen molar-refractivity contribution >= 4 is 0 Å². The number of likely N-dealkylation sites (tertiary alicyclic amines) is 1. The zero-order chi connectivity index (χ0) is 12.8. The van der Waals surface area contributed by atoms with E-state index in [0.29, 0.717) is 6.04 Å². The lowest BCUT2D eigenvalue weighted by Gasteiger charge is -2.25. The van der Waals surface area contributed by atoms with Gasteiger partial charge >= 0.3 is 0 Å². The average Bonchev–Trinajstić information content (AvgIpc) is 2.87. The molecule has 2 rings (SSSR count). The zero-order valence-corrected chi connectivity index (χ0v) is 11.8. The molecule has 0 saturated carbocycles. The van der Waals surface area contributed by atoms with Gasteiger partial charge in [-0.25, -0.2) is 0 Å². The van der Waals surface area contributed by atoms with Gasteiger partial charge in [-0.1, -0.05) is 36.8 Å². The molecule has 1 aromatic rings. The third-order valence-electron chi connectivity index (χ3n) is 3.72. The summed E-state index contributed by atoms with van der Waals surface area (Å²) in [6, 6.07) is 9.42. The molecule has 0 aromatic heterocycles. The molecule has 18 heavy (non-hydrogen) atoms. The van der Waals surface area contributed by atoms with Crippen molar-refractivity contribution in [2.75, 3.05) is 26.2 Å². The summed E-state index contributed by atoms with van der Waals surface area (Å²) in [5, 5.41) is 3.70. The van der Waals surface area contributed by atoms with Crippen LogP contribution in [0.5, 0.6) is 0 Å². The van der Waals surface area contributed by atoms with E-state index in [-0.39, 0.29) is 0 Å². The summed E-state index contributed by atoms with van der Waals surface area (Å²) in [5.74, 6) is 0. The molecule has 1 unspecified atom stereocenters. The van der Waals surface area contributed by atoms with E-state index in [1.165, 1.54) is 43.5 Å². The van der Waals surface area contributed by atoms with E-state index in [4.69, 9.17) is 0 Å². The van der Waals surface area contributed by atoms with Crippen molar-refractivity contribution in [3.8, 4) is 0 Å². The molecule has 0 aliphatic carbocycles. The lowest BCUT2D eigenvalue weighted by atomic mass is 10.0. The molecule has 1 aliphatic rings. The first-order chi connectivity index (χ1) is 8.79. The molecule has 100 valence electrons. The first-order valence-electron chi connectivity index (χ1n) is 7.32. The highest BCUT2D eigenvalue weighted by Crippen LogP contribution is 2.18. The van der Waals surface area contributed by atoms with Crippen LogP contribution in [0.2, 0.25) is 0 Å². The molecule has 1 N–H and O–H groups in total. The quantitative estimate of drug-likeness (QED) is 0.829. The van der Waals surface area contributed by atoms with Gasteiger partial charge in [0.1, 0.15) is 0 Å². The molecule has 0 bridgehead atoms. The highest BCUT2D eigenvalue weighted by Gasteiger charge is 2.18. The summed E-state index contributed by atoms with van der Waals surface area (Å²) in [5.41, 5.74) is 2.80. The maximum Gasteiger partial charge on any atom is 0.0449 e. The van der Waals surface area contributed by atoms with Crippen molar-refractivity contribution in [1.82, 2.24) is 10.2 Å². The van der Waals surface area contributed by atoms with Crippen molar-refractivity contribution in [3.63, 3.8) is 0 Å². The van der Waals surface area contributed by atoms with Crippen molar-refractivity contribution in [2.45, 2.75) is 39.2 Å². The normalized spacial score (nSPS) is 18.1. The van der Waals surface area contributed by atoms with Gasteiger partial charge in [0.05, 0.1) is 0 Å². The van der Waals surface area contributed by atoms with E-state index < -0.39 is 0 Å². The van der Waals surface area contributed by atoms with Gasteiger partial charge in [-0.15, -0.1) is 0 Å². The van der Waals surface area contributed by atoms with Crippen molar-refractivity contribution in [1.29, 1.82) is 0 Å². The van der Waals surface area contributed by atoms with Crippen molar-refractivity contribution < 1.29 is 0 Å². The van der Waals surface area contributed by atoms with Crippen LogP contribution in [0.25, 0.3) is 0 Å². The number of rotatable bonds is 6. The molecular weight excluding hydrogens is 220 g/mol. The van der Waals surface area contributed by atoms with Crippen LogP contribution in [0.1, 0.15) is 43.4 Å². The van der Waals surface area contributed by atoms with E-state index in [1.54, 1.807) is 0 Å². The van der Waals surface area contributed by atoms with Crippen LogP contribution in [-0.2, 0) is 0 Å². The predicted octanol–water partition coefficient (Wildman–Crippen LogP) is 3.13. The molecule has 0 spiro atoms. The van der Waals surface area contributed by atoms with Crippen LogP contribution in [-0.4, -0.2) is 31.1 Å². The van der Waals surface area contributed by atoms with Crippen LogP contribution in [0, 0.1) is 6.92 Å². The fraction of sp³-hybridized carbons (Fsp3) is 0.625. The first-order valence-corrected chi connectivity index (χ1v) is 7.32. The second kappa shape index (κ2) is 6.91. The number of hydrogen-bond donors (Lipinski definition) is 1. The first kappa shape index (κ1) is 13.6. The van der Waals surface area contributed by atoms with E-state index >= 15 is 0 Å². The Balaban J connectivity index is 2.03. The Morgan fingerprint density at radius 2 is 2.06 bits per heavy atom. The van der Waals surface area contributed by atoms with Gasteiger partial charge in [0, 0.05) is 12.6 Å². The van der Waals surface area contributed by atoms with E-state index in [1.807, 2.05) is 0 Å². The summed E-state index contributed by atoms with van der Waals surface area (Å²) >= 11 is 0. The molecular formula is C16H26N2. The lowest BCUT2D eigenvalue weighted by Crippen LogP contribution is -2.34. The summed E-state index contributed by atoms with van der Waals surface area (Å²) in [6.45, 7) is 9.22. The third-order valence-corrected chi connectivity index (χ3v) is 3.72. The Bertz CT molecular complexity index is 356. The minimum Gasteiger partial charge on any atom is -0.309 e. The molecule has 2 heteroatoms. The molecule has 1 atom stereocenters. The molecule has 1 aromatic carbocycles. The van der Waals surface area contributed by atoms with E-state index in [9.17, 15) is 0 Å². The summed E-state index contributed by atoms with van der Waals surface area (Å²) in [6.07, 6.45) is 3.94. The van der Waals surface area contributed by atoms with E-state index in [0.717, 1.165) is 13.1 Å². The number of benzene rings is 1. The van der Waals surface area contributed by atoms with Gasteiger partial charge < -0.3 is 10.2 Å². The Kier molecular flexibility index (Phi) is 5.21. The molecule has 1 aliphatic heterocycles. The Labute approximate surface area is 111 Å². The smallest absolute Gasteiger partial charge is 0.0449 e. The number of aryl methyl sites for hydroxylation is 1. The maximum absolute atomic E-state index is 3.70. The lowest BCUT2D eigenvalue weighted by molar-refractivity contribution is 0.292. The predicted molar refractivity (Wildman–Crippen MR) is 77.9 cm³/mol. The fourth-order valence-corrected chi connectivity index (χ4v) is 2.72. The van der Waals surface area contributed by atoms with Crippen LogP contribution in [0.3, 0.4) is 0 Å². The second-order valence-electron chi connectivity index (χ2n) is 5.43. The van der Waals surface area contributed by atoms with Crippen molar-refractivity contribution in [2.24, 2.45) is 0 Å². The van der Waals surface area contributed by atoms with Gasteiger partial charge in [0.2, 0.25) is 0 Å². The van der Waals surface area contributed by atoms with Crippen LogP contribution in [0.4, 0.5) is 0 Å².